The van der Waals surface area contributed by atoms with Gasteiger partial charge in [0.1, 0.15) is 0 Å². The van der Waals surface area contributed by atoms with E-state index >= 15 is 0 Å². The second kappa shape index (κ2) is 34.2. The van der Waals surface area contributed by atoms with E-state index in [1.165, 1.54) is 209 Å². The Morgan fingerprint density at radius 2 is 0.655 bits per heavy atom. The highest BCUT2D eigenvalue weighted by molar-refractivity contribution is 6.99. The SMILES string of the molecule is CCCCC=CCCCCCCCC=CCCCCCCCCCCCCCCCCCCCCCCO[Si](c1ccccc1)(c1ccccc1)C(C)(C)C. The smallest absolute Gasteiger partial charge is 0.261 e. The molecule has 0 aliphatic rings. The largest absolute Gasteiger partial charge is 0.407 e. The van der Waals surface area contributed by atoms with Crippen molar-refractivity contribution in [2.75, 3.05) is 6.61 Å². The van der Waals surface area contributed by atoms with Crippen LogP contribution in [0.15, 0.2) is 85.0 Å². The van der Waals surface area contributed by atoms with Crippen molar-refractivity contribution in [1.82, 2.24) is 0 Å². The van der Waals surface area contributed by atoms with Gasteiger partial charge in [0.2, 0.25) is 0 Å². The lowest BCUT2D eigenvalue weighted by Gasteiger charge is -2.43. The second-order valence-electron chi connectivity index (χ2n) is 17.8. The molecule has 2 rings (SSSR count). The zero-order valence-electron chi connectivity index (χ0n) is 37.1. The number of hydrogen-bond acceptors (Lipinski definition) is 1. The fourth-order valence-electron chi connectivity index (χ4n) is 8.38. The van der Waals surface area contributed by atoms with Crippen LogP contribution in [0.2, 0.25) is 5.04 Å². The molecule has 0 aromatic heterocycles. The van der Waals surface area contributed by atoms with Gasteiger partial charge in [-0.05, 0) is 66.8 Å². The molecular weight excluding hydrogens is 681 g/mol. The van der Waals surface area contributed by atoms with E-state index in [1.54, 1.807) is 0 Å². The van der Waals surface area contributed by atoms with Gasteiger partial charge in [-0.15, -0.1) is 0 Å². The van der Waals surface area contributed by atoms with Gasteiger partial charge in [0.25, 0.3) is 8.32 Å². The maximum absolute atomic E-state index is 7.07. The van der Waals surface area contributed by atoms with Crippen molar-refractivity contribution in [1.29, 1.82) is 0 Å². The summed E-state index contributed by atoms with van der Waals surface area (Å²) < 4.78 is 7.07. The van der Waals surface area contributed by atoms with E-state index in [4.69, 9.17) is 4.43 Å². The maximum Gasteiger partial charge on any atom is 0.261 e. The van der Waals surface area contributed by atoms with Crippen LogP contribution in [0.4, 0.5) is 0 Å². The third-order valence-electron chi connectivity index (χ3n) is 11.8. The van der Waals surface area contributed by atoms with E-state index in [-0.39, 0.29) is 5.04 Å². The standard InChI is InChI=1S/C53H90OSi/c1-5-6-7-8-9-10-11-12-13-14-15-16-17-18-19-20-21-22-23-24-25-26-27-28-29-30-31-32-33-34-35-36-37-38-45-50-54-55(53(2,3)4,51-46-41-39-42-47-51)52-48-43-40-44-49-52/h8-9,17-18,39-44,46-49H,5-7,10-16,19-38,45,50H2,1-4H3. The minimum absolute atomic E-state index is 0.0673. The van der Waals surface area contributed by atoms with Crippen molar-refractivity contribution in [3.05, 3.63) is 85.0 Å². The van der Waals surface area contributed by atoms with Crippen molar-refractivity contribution >= 4 is 18.7 Å². The van der Waals surface area contributed by atoms with Gasteiger partial charge in [0.05, 0.1) is 0 Å². The van der Waals surface area contributed by atoms with E-state index in [0.29, 0.717) is 0 Å². The number of allylic oxidation sites excluding steroid dienone is 4. The number of unbranched alkanes of at least 4 members (excludes halogenated alkanes) is 28. The highest BCUT2D eigenvalue weighted by Gasteiger charge is 2.49. The van der Waals surface area contributed by atoms with Gasteiger partial charge in [-0.2, -0.15) is 0 Å². The summed E-state index contributed by atoms with van der Waals surface area (Å²) in [6.07, 6.45) is 52.8. The van der Waals surface area contributed by atoms with Crippen LogP contribution in [0.3, 0.4) is 0 Å². The van der Waals surface area contributed by atoms with Crippen molar-refractivity contribution in [3.63, 3.8) is 0 Å². The first-order valence-corrected chi connectivity index (χ1v) is 26.0. The van der Waals surface area contributed by atoms with Crippen molar-refractivity contribution in [2.45, 2.75) is 232 Å². The average Bonchev–Trinajstić information content (AvgIpc) is 3.19. The van der Waals surface area contributed by atoms with Crippen molar-refractivity contribution in [2.24, 2.45) is 0 Å². The molecule has 0 amide bonds. The van der Waals surface area contributed by atoms with Gasteiger partial charge in [0.15, 0.2) is 0 Å². The van der Waals surface area contributed by atoms with Crippen LogP contribution in [-0.2, 0) is 4.43 Å². The molecule has 0 aliphatic heterocycles. The van der Waals surface area contributed by atoms with Gasteiger partial charge in [-0.25, -0.2) is 0 Å². The van der Waals surface area contributed by atoms with Crippen LogP contribution in [-0.4, -0.2) is 14.9 Å². The van der Waals surface area contributed by atoms with Gasteiger partial charge in [-0.3, -0.25) is 0 Å². The lowest BCUT2D eigenvalue weighted by atomic mass is 10.0. The quantitative estimate of drug-likeness (QED) is 0.0378. The first-order valence-electron chi connectivity index (χ1n) is 24.1. The molecule has 0 saturated carbocycles. The molecule has 0 heterocycles. The zero-order chi connectivity index (χ0) is 39.4. The Morgan fingerprint density at radius 3 is 0.945 bits per heavy atom. The first-order chi connectivity index (χ1) is 27.0. The Kier molecular flexibility index (Phi) is 30.6. The minimum Gasteiger partial charge on any atom is -0.407 e. The third kappa shape index (κ3) is 23.8. The van der Waals surface area contributed by atoms with Gasteiger partial charge in [-0.1, -0.05) is 260 Å². The van der Waals surface area contributed by atoms with Crippen LogP contribution >= 0.6 is 0 Å². The van der Waals surface area contributed by atoms with Gasteiger partial charge >= 0.3 is 0 Å². The zero-order valence-corrected chi connectivity index (χ0v) is 38.1. The minimum atomic E-state index is -2.38. The van der Waals surface area contributed by atoms with E-state index in [1.807, 2.05) is 0 Å². The lowest BCUT2D eigenvalue weighted by Crippen LogP contribution is -2.66. The molecule has 0 aliphatic carbocycles. The van der Waals surface area contributed by atoms with Crippen molar-refractivity contribution in [3.8, 4) is 0 Å². The Labute approximate surface area is 345 Å². The van der Waals surface area contributed by atoms with Gasteiger partial charge < -0.3 is 4.43 Å². The summed E-state index contributed by atoms with van der Waals surface area (Å²) in [6.45, 7) is 10.3. The Hall–Kier alpha value is -1.90. The molecule has 0 radical (unpaired) electrons. The molecular formula is C53H90OSi. The summed E-state index contributed by atoms with van der Waals surface area (Å²) in [6, 6.07) is 22.2. The highest BCUT2D eigenvalue weighted by Crippen LogP contribution is 2.37. The molecule has 0 fully saturated rings. The predicted molar refractivity (Wildman–Crippen MR) is 251 cm³/mol. The first kappa shape index (κ1) is 49.2. The van der Waals surface area contributed by atoms with E-state index in [2.05, 4.69) is 113 Å². The molecule has 0 bridgehead atoms. The highest BCUT2D eigenvalue weighted by atomic mass is 28.4. The molecule has 2 heteroatoms. The monoisotopic (exact) mass is 771 g/mol. The third-order valence-corrected chi connectivity index (χ3v) is 16.8. The molecule has 1 nitrogen and oxygen atoms in total. The maximum atomic E-state index is 7.07. The number of benzene rings is 2. The summed E-state index contributed by atoms with van der Waals surface area (Å²) in [4.78, 5) is 0. The van der Waals surface area contributed by atoms with E-state index < -0.39 is 8.32 Å². The van der Waals surface area contributed by atoms with Crippen LogP contribution in [0.1, 0.15) is 227 Å². The van der Waals surface area contributed by atoms with Crippen LogP contribution in [0.25, 0.3) is 0 Å². The molecule has 0 N–H and O–H groups in total. The summed E-state index contributed by atoms with van der Waals surface area (Å²) in [5, 5.41) is 2.85. The predicted octanol–water partition coefficient (Wildman–Crippen LogP) is 16.8. The van der Waals surface area contributed by atoms with Crippen LogP contribution in [0.5, 0.6) is 0 Å². The van der Waals surface area contributed by atoms with E-state index in [0.717, 1.165) is 6.61 Å². The van der Waals surface area contributed by atoms with Crippen LogP contribution < -0.4 is 10.4 Å². The van der Waals surface area contributed by atoms with E-state index in [9.17, 15) is 0 Å². The molecule has 0 atom stereocenters. The molecule has 2 aromatic carbocycles. The van der Waals surface area contributed by atoms with Gasteiger partial charge in [0, 0.05) is 6.61 Å². The fourth-order valence-corrected chi connectivity index (χ4v) is 13.0. The lowest BCUT2D eigenvalue weighted by molar-refractivity contribution is 0.286. The normalized spacial score (nSPS) is 12.4. The number of rotatable bonds is 37. The topological polar surface area (TPSA) is 9.23 Å². The molecule has 55 heavy (non-hydrogen) atoms. The summed E-state index contributed by atoms with van der Waals surface area (Å²) in [7, 11) is -2.38. The average molecular weight is 771 g/mol. The molecule has 0 unspecified atom stereocenters. The summed E-state index contributed by atoms with van der Waals surface area (Å²) in [5.41, 5.74) is 0. The molecule has 2 aromatic rings. The molecule has 312 valence electrons. The second-order valence-corrected chi connectivity index (χ2v) is 22.1. The Morgan fingerprint density at radius 1 is 0.382 bits per heavy atom. The number of hydrogen-bond donors (Lipinski definition) is 0. The Balaban J connectivity index is 1.31. The van der Waals surface area contributed by atoms with Crippen molar-refractivity contribution < 1.29 is 4.43 Å². The Bertz CT molecular complexity index is 1110. The molecule has 0 spiro atoms. The fraction of sp³-hybridized carbons (Fsp3) is 0.698. The summed E-state index contributed by atoms with van der Waals surface area (Å²) in [5.74, 6) is 0. The summed E-state index contributed by atoms with van der Waals surface area (Å²) >= 11 is 0. The van der Waals surface area contributed by atoms with Crippen LogP contribution in [0, 0.1) is 0 Å². The molecule has 0 saturated heterocycles.